The van der Waals surface area contributed by atoms with Gasteiger partial charge in [0.15, 0.2) is 0 Å². The molecule has 1 heteroatoms. The van der Waals surface area contributed by atoms with Gasteiger partial charge in [0, 0.05) is 25.6 Å². The summed E-state index contributed by atoms with van der Waals surface area (Å²) in [6, 6.07) is 41.2. The predicted molar refractivity (Wildman–Crippen MR) is 167 cm³/mol. The fourth-order valence-corrected chi connectivity index (χ4v) is 8.33. The van der Waals surface area contributed by atoms with E-state index in [1.54, 1.807) is 0 Å². The third kappa shape index (κ3) is 2.50. The average Bonchev–Trinajstić information content (AvgIpc) is 3.42. The summed E-state index contributed by atoms with van der Waals surface area (Å²) in [7, 11) is 0. The average molecular weight is 501 g/mol. The quantitative estimate of drug-likeness (QED) is 0.182. The van der Waals surface area contributed by atoms with E-state index in [1.807, 2.05) is 11.3 Å². The lowest BCUT2D eigenvalue weighted by molar-refractivity contribution is 0.661. The monoisotopic (exact) mass is 500 g/mol. The van der Waals surface area contributed by atoms with E-state index in [2.05, 4.69) is 123 Å². The fourth-order valence-electron chi connectivity index (χ4n) is 7.18. The zero-order valence-electron chi connectivity index (χ0n) is 21.3. The lowest BCUT2D eigenvalue weighted by atomic mass is 9.82. The number of benzene rings is 7. The minimum Gasteiger partial charge on any atom is -0.135 e. The van der Waals surface area contributed by atoms with Crippen molar-refractivity contribution in [2.24, 2.45) is 0 Å². The molecular weight excluding hydrogens is 476 g/mol. The van der Waals surface area contributed by atoms with Gasteiger partial charge < -0.3 is 0 Å². The highest BCUT2D eigenvalue weighted by Gasteiger charge is 2.35. The van der Waals surface area contributed by atoms with Crippen molar-refractivity contribution >= 4 is 74.6 Å². The van der Waals surface area contributed by atoms with Crippen molar-refractivity contribution in [1.29, 1.82) is 0 Å². The van der Waals surface area contributed by atoms with E-state index in [0.29, 0.717) is 0 Å². The van der Waals surface area contributed by atoms with Gasteiger partial charge in [-0.15, -0.1) is 11.3 Å². The molecule has 1 aliphatic rings. The molecule has 0 saturated heterocycles. The largest absolute Gasteiger partial charge is 0.135 e. The molecule has 1 aromatic heterocycles. The van der Waals surface area contributed by atoms with Crippen LogP contribution in [0.25, 0.3) is 74.4 Å². The molecule has 1 aliphatic carbocycles. The Morgan fingerprint density at radius 2 is 1.11 bits per heavy atom. The number of fused-ring (bicyclic) bond motifs is 14. The van der Waals surface area contributed by atoms with Crippen LogP contribution in [0.15, 0.2) is 109 Å². The lowest BCUT2D eigenvalue weighted by Gasteiger charge is -2.21. The van der Waals surface area contributed by atoms with E-state index in [1.165, 1.54) is 85.5 Å². The van der Waals surface area contributed by atoms with Crippen molar-refractivity contribution in [3.63, 3.8) is 0 Å². The van der Waals surface area contributed by atoms with Gasteiger partial charge in [-0.05, 0) is 89.6 Å². The molecule has 7 aromatic carbocycles. The summed E-state index contributed by atoms with van der Waals surface area (Å²) < 4.78 is 2.75. The Morgan fingerprint density at radius 1 is 0.447 bits per heavy atom. The first-order chi connectivity index (χ1) is 18.6. The Labute approximate surface area is 224 Å². The molecule has 178 valence electrons. The second-order valence-electron chi connectivity index (χ2n) is 11.3. The first-order valence-electron chi connectivity index (χ1n) is 13.4. The van der Waals surface area contributed by atoms with Gasteiger partial charge in [-0.25, -0.2) is 0 Å². The Balaban J connectivity index is 1.45. The van der Waals surface area contributed by atoms with Crippen molar-refractivity contribution in [3.8, 4) is 11.1 Å². The SMILES string of the molecule is CC1(C)c2ccccc2-c2cc3c(cc21)sc1cc2c(cc13)c1ccccc1c1c3ccccc3ccc21. The maximum Gasteiger partial charge on any atom is 0.0362 e. The molecule has 0 fully saturated rings. The summed E-state index contributed by atoms with van der Waals surface area (Å²) in [5.74, 6) is 0. The molecule has 38 heavy (non-hydrogen) atoms. The van der Waals surface area contributed by atoms with E-state index in [-0.39, 0.29) is 5.41 Å². The van der Waals surface area contributed by atoms with Crippen LogP contribution in [0, 0.1) is 0 Å². The standard InChI is InChI=1S/C37H24S/c1-37(2)32-14-8-7-12-24(32)29-18-31-30-17-27-23-11-5-6-13-25(23)36-22-10-4-3-9-21(22)15-16-26(36)28(27)19-34(30)38-35(31)20-33(29)37/h3-20H,1-2H3. The molecule has 8 aromatic rings. The third-order valence-electron chi connectivity index (χ3n) is 9.02. The Hall–Kier alpha value is -4.20. The number of thiophene rings is 1. The molecule has 0 unspecified atom stereocenters. The maximum atomic E-state index is 2.48. The fraction of sp³-hybridized carbons (Fsp3) is 0.0811. The minimum atomic E-state index is 0.0223. The van der Waals surface area contributed by atoms with Crippen LogP contribution < -0.4 is 0 Å². The number of hydrogen-bond acceptors (Lipinski definition) is 1. The number of hydrogen-bond donors (Lipinski definition) is 0. The molecule has 0 spiro atoms. The van der Waals surface area contributed by atoms with Crippen LogP contribution in [0.3, 0.4) is 0 Å². The highest BCUT2D eigenvalue weighted by molar-refractivity contribution is 7.26. The molecular formula is C37H24S. The summed E-state index contributed by atoms with van der Waals surface area (Å²) in [6.45, 7) is 4.74. The van der Waals surface area contributed by atoms with E-state index >= 15 is 0 Å². The molecule has 0 N–H and O–H groups in total. The van der Waals surface area contributed by atoms with Crippen LogP contribution in [0.4, 0.5) is 0 Å². The van der Waals surface area contributed by atoms with Crippen LogP contribution in [-0.2, 0) is 5.41 Å². The van der Waals surface area contributed by atoms with Gasteiger partial charge in [0.05, 0.1) is 0 Å². The molecule has 9 rings (SSSR count). The van der Waals surface area contributed by atoms with Crippen molar-refractivity contribution in [1.82, 2.24) is 0 Å². The van der Waals surface area contributed by atoms with Crippen molar-refractivity contribution in [2.45, 2.75) is 19.3 Å². The Kier molecular flexibility index (Phi) is 3.84. The summed E-state index contributed by atoms with van der Waals surface area (Å²) in [6.07, 6.45) is 0. The first-order valence-corrected chi connectivity index (χ1v) is 14.2. The van der Waals surface area contributed by atoms with Crippen molar-refractivity contribution in [2.75, 3.05) is 0 Å². The van der Waals surface area contributed by atoms with Gasteiger partial charge in [0.2, 0.25) is 0 Å². The molecule has 0 bridgehead atoms. The summed E-state index contributed by atoms with van der Waals surface area (Å²) in [4.78, 5) is 0. The van der Waals surface area contributed by atoms with Gasteiger partial charge in [0.1, 0.15) is 0 Å². The smallest absolute Gasteiger partial charge is 0.0362 e. The van der Waals surface area contributed by atoms with Gasteiger partial charge in [-0.2, -0.15) is 0 Å². The van der Waals surface area contributed by atoms with E-state index in [4.69, 9.17) is 0 Å². The van der Waals surface area contributed by atoms with Crippen LogP contribution in [-0.4, -0.2) is 0 Å². The zero-order chi connectivity index (χ0) is 25.2. The molecule has 0 aliphatic heterocycles. The van der Waals surface area contributed by atoms with Gasteiger partial charge in [-0.3, -0.25) is 0 Å². The highest BCUT2D eigenvalue weighted by atomic mass is 32.1. The minimum absolute atomic E-state index is 0.0223. The second kappa shape index (κ2) is 7.01. The molecule has 0 nitrogen and oxygen atoms in total. The summed E-state index contributed by atoms with van der Waals surface area (Å²) >= 11 is 1.94. The molecule has 1 heterocycles. The molecule has 0 amide bonds. The molecule has 0 radical (unpaired) electrons. The topological polar surface area (TPSA) is 0 Å². The highest BCUT2D eigenvalue weighted by Crippen LogP contribution is 2.52. The number of rotatable bonds is 0. The van der Waals surface area contributed by atoms with E-state index in [9.17, 15) is 0 Å². The predicted octanol–water partition coefficient (Wildman–Crippen LogP) is 11.0. The summed E-state index contributed by atoms with van der Waals surface area (Å²) in [5, 5.41) is 13.4. The van der Waals surface area contributed by atoms with Crippen molar-refractivity contribution < 1.29 is 0 Å². The Morgan fingerprint density at radius 3 is 2.00 bits per heavy atom. The lowest BCUT2D eigenvalue weighted by Crippen LogP contribution is -2.14. The van der Waals surface area contributed by atoms with Gasteiger partial charge >= 0.3 is 0 Å². The van der Waals surface area contributed by atoms with E-state index < -0.39 is 0 Å². The Bertz CT molecular complexity index is 2310. The van der Waals surface area contributed by atoms with Crippen LogP contribution >= 0.6 is 11.3 Å². The molecule has 0 atom stereocenters. The van der Waals surface area contributed by atoms with Crippen LogP contribution in [0.2, 0.25) is 0 Å². The molecule has 0 saturated carbocycles. The zero-order valence-corrected chi connectivity index (χ0v) is 22.1. The van der Waals surface area contributed by atoms with Gasteiger partial charge in [0.25, 0.3) is 0 Å². The third-order valence-corrected chi connectivity index (χ3v) is 10.1. The van der Waals surface area contributed by atoms with Crippen LogP contribution in [0.5, 0.6) is 0 Å². The van der Waals surface area contributed by atoms with Gasteiger partial charge in [-0.1, -0.05) is 98.8 Å². The normalized spacial score (nSPS) is 14.3. The first kappa shape index (κ1) is 20.8. The second-order valence-corrected chi connectivity index (χ2v) is 12.4. The summed E-state index contributed by atoms with van der Waals surface area (Å²) in [5.41, 5.74) is 5.69. The van der Waals surface area contributed by atoms with Crippen LogP contribution in [0.1, 0.15) is 25.0 Å². The van der Waals surface area contributed by atoms with E-state index in [0.717, 1.165) is 0 Å². The maximum absolute atomic E-state index is 2.48. The van der Waals surface area contributed by atoms with Crippen molar-refractivity contribution in [3.05, 3.63) is 120 Å².